The summed E-state index contributed by atoms with van der Waals surface area (Å²) in [5, 5.41) is 8.73. The third-order valence-electron chi connectivity index (χ3n) is 1.71. The molecule has 2 aromatic rings. The maximum atomic E-state index is 12.8. The van der Waals surface area contributed by atoms with Gasteiger partial charge >= 0.3 is 5.97 Å². The zero-order valence-electron chi connectivity index (χ0n) is 6.71. The number of hydrogen-bond donors (Lipinski definition) is 2. The normalized spacial score (nSPS) is 10.7. The zero-order valence-corrected chi connectivity index (χ0v) is 7.47. The standard InChI is InChI=1S/C8H4ClFN2O2/c9-4-1-3(10)2-5-6(4)12-7(11-5)8(13)14/h1-2H,(H,11,12)(H,13,14). The van der Waals surface area contributed by atoms with E-state index in [0.717, 1.165) is 12.1 Å². The Kier molecular flexibility index (Phi) is 1.89. The molecule has 0 aliphatic rings. The molecule has 72 valence electrons. The average Bonchev–Trinajstić information content (AvgIpc) is 2.47. The van der Waals surface area contributed by atoms with E-state index in [2.05, 4.69) is 9.97 Å². The fraction of sp³-hybridized carbons (Fsp3) is 0. The lowest BCUT2D eigenvalue weighted by atomic mass is 10.3. The number of hydrogen-bond acceptors (Lipinski definition) is 2. The molecule has 2 N–H and O–H groups in total. The van der Waals surface area contributed by atoms with Crippen molar-refractivity contribution in [1.29, 1.82) is 0 Å². The van der Waals surface area contributed by atoms with Crippen LogP contribution in [-0.4, -0.2) is 21.0 Å². The van der Waals surface area contributed by atoms with Gasteiger partial charge in [-0.25, -0.2) is 14.2 Å². The van der Waals surface area contributed by atoms with Gasteiger partial charge in [0.1, 0.15) is 5.82 Å². The van der Waals surface area contributed by atoms with Gasteiger partial charge in [0.25, 0.3) is 0 Å². The summed E-state index contributed by atoms with van der Waals surface area (Å²) in [4.78, 5) is 16.7. The number of aromatic carboxylic acids is 1. The van der Waals surface area contributed by atoms with E-state index >= 15 is 0 Å². The van der Waals surface area contributed by atoms with E-state index in [-0.39, 0.29) is 16.4 Å². The number of carboxylic acids is 1. The first-order valence-corrected chi connectivity index (χ1v) is 4.04. The molecular weight excluding hydrogens is 211 g/mol. The molecule has 0 bridgehead atoms. The maximum absolute atomic E-state index is 12.8. The summed E-state index contributed by atoms with van der Waals surface area (Å²) in [5.41, 5.74) is 0.526. The molecule has 0 atom stereocenters. The molecule has 1 heterocycles. The summed E-state index contributed by atoms with van der Waals surface area (Å²) in [5.74, 6) is -2.02. The van der Waals surface area contributed by atoms with Gasteiger partial charge in [-0.2, -0.15) is 0 Å². The fourth-order valence-corrected chi connectivity index (χ4v) is 1.39. The Hall–Kier alpha value is -1.62. The number of rotatable bonds is 1. The summed E-state index contributed by atoms with van der Waals surface area (Å²) in [6.07, 6.45) is 0. The van der Waals surface area contributed by atoms with Gasteiger partial charge in [0, 0.05) is 6.07 Å². The molecule has 1 aromatic heterocycles. The minimum Gasteiger partial charge on any atom is -0.475 e. The van der Waals surface area contributed by atoms with Crippen LogP contribution in [0.15, 0.2) is 12.1 Å². The third-order valence-corrected chi connectivity index (χ3v) is 2.01. The fourth-order valence-electron chi connectivity index (χ4n) is 1.14. The van der Waals surface area contributed by atoms with Gasteiger partial charge in [-0.05, 0) is 6.07 Å². The predicted molar refractivity (Wildman–Crippen MR) is 48.0 cm³/mol. The summed E-state index contributed by atoms with van der Waals surface area (Å²) in [6, 6.07) is 2.21. The summed E-state index contributed by atoms with van der Waals surface area (Å²) >= 11 is 5.68. The van der Waals surface area contributed by atoms with E-state index in [1.54, 1.807) is 0 Å². The Morgan fingerprint density at radius 3 is 2.93 bits per heavy atom. The second-order valence-corrected chi connectivity index (χ2v) is 3.08. The number of aromatic nitrogens is 2. The summed E-state index contributed by atoms with van der Waals surface area (Å²) in [7, 11) is 0. The minimum atomic E-state index is -1.21. The van der Waals surface area contributed by atoms with Crippen molar-refractivity contribution in [3.63, 3.8) is 0 Å². The van der Waals surface area contributed by atoms with Crippen LogP contribution in [0.25, 0.3) is 11.0 Å². The highest BCUT2D eigenvalue weighted by Crippen LogP contribution is 2.22. The van der Waals surface area contributed by atoms with Crippen LogP contribution in [0.5, 0.6) is 0 Å². The maximum Gasteiger partial charge on any atom is 0.371 e. The smallest absolute Gasteiger partial charge is 0.371 e. The first kappa shape index (κ1) is 8.96. The average molecular weight is 215 g/mol. The topological polar surface area (TPSA) is 66.0 Å². The Labute approximate surface area is 82.3 Å². The van der Waals surface area contributed by atoms with Crippen LogP contribution in [0, 0.1) is 5.82 Å². The molecule has 0 spiro atoms. The molecular formula is C8H4ClFN2O2. The van der Waals surface area contributed by atoms with Crippen LogP contribution < -0.4 is 0 Å². The molecule has 0 saturated heterocycles. The third kappa shape index (κ3) is 1.31. The second kappa shape index (κ2) is 2.95. The molecule has 0 saturated carbocycles. The van der Waals surface area contributed by atoms with Crippen molar-refractivity contribution in [3.05, 3.63) is 28.8 Å². The van der Waals surface area contributed by atoms with E-state index in [1.165, 1.54) is 0 Å². The number of carboxylic acid groups (broad SMARTS) is 1. The van der Waals surface area contributed by atoms with Gasteiger partial charge in [0.15, 0.2) is 0 Å². The van der Waals surface area contributed by atoms with Crippen molar-refractivity contribution in [2.75, 3.05) is 0 Å². The number of nitrogens with zero attached hydrogens (tertiary/aromatic N) is 1. The van der Waals surface area contributed by atoms with E-state index in [9.17, 15) is 9.18 Å². The first-order chi connectivity index (χ1) is 6.58. The van der Waals surface area contributed by atoms with Crippen molar-refractivity contribution in [3.8, 4) is 0 Å². The molecule has 4 nitrogen and oxygen atoms in total. The molecule has 2 rings (SSSR count). The van der Waals surface area contributed by atoms with Crippen molar-refractivity contribution in [1.82, 2.24) is 9.97 Å². The lowest BCUT2D eigenvalue weighted by molar-refractivity contribution is 0.0685. The first-order valence-electron chi connectivity index (χ1n) is 3.66. The van der Waals surface area contributed by atoms with Gasteiger partial charge in [-0.15, -0.1) is 0 Å². The van der Waals surface area contributed by atoms with Crippen molar-refractivity contribution < 1.29 is 14.3 Å². The van der Waals surface area contributed by atoms with Gasteiger partial charge in [0.05, 0.1) is 16.1 Å². The van der Waals surface area contributed by atoms with Crippen LogP contribution in [0.4, 0.5) is 4.39 Å². The van der Waals surface area contributed by atoms with Gasteiger partial charge < -0.3 is 10.1 Å². The number of nitrogens with one attached hydrogen (secondary N) is 1. The number of fused-ring (bicyclic) bond motifs is 1. The largest absolute Gasteiger partial charge is 0.475 e. The van der Waals surface area contributed by atoms with E-state index in [4.69, 9.17) is 16.7 Å². The molecule has 0 fully saturated rings. The lowest BCUT2D eigenvalue weighted by Crippen LogP contribution is -1.97. The Morgan fingerprint density at radius 1 is 1.57 bits per heavy atom. The summed E-state index contributed by atoms with van der Waals surface area (Å²) < 4.78 is 12.8. The van der Waals surface area contributed by atoms with Crippen LogP contribution >= 0.6 is 11.6 Å². The van der Waals surface area contributed by atoms with Gasteiger partial charge in [-0.1, -0.05) is 11.6 Å². The van der Waals surface area contributed by atoms with Crippen molar-refractivity contribution >= 4 is 28.6 Å². The number of imidazole rings is 1. The summed E-state index contributed by atoms with van der Waals surface area (Å²) in [6.45, 7) is 0. The highest BCUT2D eigenvalue weighted by atomic mass is 35.5. The predicted octanol–water partition coefficient (Wildman–Crippen LogP) is 2.05. The monoisotopic (exact) mass is 214 g/mol. The van der Waals surface area contributed by atoms with E-state index in [0.29, 0.717) is 5.52 Å². The molecule has 1 aromatic carbocycles. The molecule has 6 heteroatoms. The number of benzene rings is 1. The Bertz CT molecular complexity index is 523. The molecule has 0 aliphatic carbocycles. The molecule has 0 aliphatic heterocycles. The molecule has 14 heavy (non-hydrogen) atoms. The van der Waals surface area contributed by atoms with Crippen LogP contribution in [0.1, 0.15) is 10.6 Å². The Morgan fingerprint density at radius 2 is 2.29 bits per heavy atom. The van der Waals surface area contributed by atoms with Crippen molar-refractivity contribution in [2.24, 2.45) is 0 Å². The number of H-pyrrole nitrogens is 1. The Balaban J connectivity index is 2.76. The number of aromatic amines is 1. The quantitative estimate of drug-likeness (QED) is 0.764. The van der Waals surface area contributed by atoms with Crippen LogP contribution in [0.2, 0.25) is 5.02 Å². The van der Waals surface area contributed by atoms with Crippen molar-refractivity contribution in [2.45, 2.75) is 0 Å². The van der Waals surface area contributed by atoms with Gasteiger partial charge in [0.2, 0.25) is 5.82 Å². The van der Waals surface area contributed by atoms with Crippen LogP contribution in [-0.2, 0) is 0 Å². The van der Waals surface area contributed by atoms with E-state index < -0.39 is 11.8 Å². The molecule has 0 radical (unpaired) electrons. The van der Waals surface area contributed by atoms with Gasteiger partial charge in [-0.3, -0.25) is 0 Å². The minimum absolute atomic E-state index is 0.111. The zero-order chi connectivity index (χ0) is 10.3. The van der Waals surface area contributed by atoms with E-state index in [1.807, 2.05) is 0 Å². The SMILES string of the molecule is O=C(O)c1nc2cc(F)cc(Cl)c2[nH]1. The molecule has 0 unspecified atom stereocenters. The van der Waals surface area contributed by atoms with Crippen LogP contribution in [0.3, 0.4) is 0 Å². The second-order valence-electron chi connectivity index (χ2n) is 2.67. The number of halogens is 2. The highest BCUT2D eigenvalue weighted by molar-refractivity contribution is 6.35. The molecule has 0 amide bonds. The lowest BCUT2D eigenvalue weighted by Gasteiger charge is -1.91. The number of carbonyl (C=O) groups is 1. The highest BCUT2D eigenvalue weighted by Gasteiger charge is 2.12.